The number of methoxy groups -OCH3 is 1. The SMILES string of the molecule is COc1cccc(NC(=S)ON2CCC3(CC2)CC(c2ccc(C)cc2)=NO3)c1. The molecule has 6 nitrogen and oxygen atoms in total. The van der Waals surface area contributed by atoms with Crippen molar-refractivity contribution in [2.45, 2.75) is 31.8 Å². The zero-order chi connectivity index (χ0) is 20.3. The highest BCUT2D eigenvalue weighted by Gasteiger charge is 2.43. The molecule has 0 amide bonds. The van der Waals surface area contributed by atoms with Gasteiger partial charge in [-0.15, -0.1) is 5.06 Å². The van der Waals surface area contributed by atoms with Gasteiger partial charge in [0.2, 0.25) is 0 Å². The van der Waals surface area contributed by atoms with E-state index in [4.69, 9.17) is 26.6 Å². The lowest BCUT2D eigenvalue weighted by atomic mass is 9.86. The highest BCUT2D eigenvalue weighted by Crippen LogP contribution is 2.36. The molecule has 2 heterocycles. The van der Waals surface area contributed by atoms with Gasteiger partial charge >= 0.3 is 0 Å². The van der Waals surface area contributed by atoms with Crippen molar-refractivity contribution in [1.82, 2.24) is 5.06 Å². The molecular weight excluding hydrogens is 386 g/mol. The number of nitrogens with zero attached hydrogens (tertiary/aromatic N) is 2. The Hall–Kier alpha value is -2.64. The van der Waals surface area contributed by atoms with Crippen molar-refractivity contribution in [3.8, 4) is 5.75 Å². The van der Waals surface area contributed by atoms with E-state index in [1.54, 1.807) is 7.11 Å². The first-order valence-corrected chi connectivity index (χ1v) is 10.2. The van der Waals surface area contributed by atoms with Gasteiger partial charge in [-0.3, -0.25) is 0 Å². The summed E-state index contributed by atoms with van der Waals surface area (Å²) in [6.45, 7) is 3.55. The van der Waals surface area contributed by atoms with Crippen molar-refractivity contribution < 1.29 is 14.4 Å². The fourth-order valence-electron chi connectivity index (χ4n) is 3.63. The number of anilines is 1. The van der Waals surface area contributed by atoms with E-state index >= 15 is 0 Å². The fourth-order valence-corrected chi connectivity index (χ4v) is 3.86. The van der Waals surface area contributed by atoms with E-state index in [0.29, 0.717) is 5.17 Å². The van der Waals surface area contributed by atoms with Crippen LogP contribution in [0.5, 0.6) is 5.75 Å². The van der Waals surface area contributed by atoms with Gasteiger partial charge in [0.25, 0.3) is 5.17 Å². The zero-order valence-electron chi connectivity index (χ0n) is 16.7. The van der Waals surface area contributed by atoms with Gasteiger partial charge in [0.1, 0.15) is 11.4 Å². The van der Waals surface area contributed by atoms with Gasteiger partial charge in [-0.1, -0.05) is 41.1 Å². The Balaban J connectivity index is 1.27. The first-order chi connectivity index (χ1) is 14.0. The monoisotopic (exact) mass is 411 g/mol. The van der Waals surface area contributed by atoms with Crippen molar-refractivity contribution in [2.24, 2.45) is 5.16 Å². The third kappa shape index (κ3) is 4.68. The highest BCUT2D eigenvalue weighted by atomic mass is 32.1. The molecule has 1 spiro atoms. The smallest absolute Gasteiger partial charge is 0.283 e. The van der Waals surface area contributed by atoms with E-state index in [1.165, 1.54) is 5.56 Å². The number of hydroxylamine groups is 2. The topological polar surface area (TPSA) is 55.3 Å². The van der Waals surface area contributed by atoms with Crippen molar-refractivity contribution in [1.29, 1.82) is 0 Å². The van der Waals surface area contributed by atoms with Gasteiger partial charge in [0, 0.05) is 44.1 Å². The Morgan fingerprint density at radius 3 is 2.66 bits per heavy atom. The summed E-state index contributed by atoms with van der Waals surface area (Å²) in [6, 6.07) is 16.0. The molecule has 1 fully saturated rings. The molecule has 2 aliphatic heterocycles. The summed E-state index contributed by atoms with van der Waals surface area (Å²) in [4.78, 5) is 11.7. The third-order valence-electron chi connectivity index (χ3n) is 5.39. The minimum Gasteiger partial charge on any atom is -0.497 e. The van der Waals surface area contributed by atoms with Gasteiger partial charge in [0.15, 0.2) is 0 Å². The lowest BCUT2D eigenvalue weighted by molar-refractivity contribution is -0.143. The number of hydrogen-bond donors (Lipinski definition) is 1. The number of hydrogen-bond acceptors (Lipinski definition) is 6. The van der Waals surface area contributed by atoms with E-state index in [-0.39, 0.29) is 5.60 Å². The second-order valence-corrected chi connectivity index (χ2v) is 7.89. The van der Waals surface area contributed by atoms with Crippen molar-refractivity contribution in [3.63, 3.8) is 0 Å². The average molecular weight is 412 g/mol. The second kappa shape index (κ2) is 8.39. The predicted molar refractivity (Wildman–Crippen MR) is 117 cm³/mol. The van der Waals surface area contributed by atoms with Gasteiger partial charge in [-0.05, 0) is 36.8 Å². The van der Waals surface area contributed by atoms with Crippen molar-refractivity contribution in [2.75, 3.05) is 25.5 Å². The first kappa shape index (κ1) is 19.7. The maximum Gasteiger partial charge on any atom is 0.283 e. The lowest BCUT2D eigenvalue weighted by Crippen LogP contribution is -2.45. The van der Waals surface area contributed by atoms with Crippen LogP contribution in [0.2, 0.25) is 0 Å². The van der Waals surface area contributed by atoms with Crippen LogP contribution in [0.3, 0.4) is 0 Å². The lowest BCUT2D eigenvalue weighted by Gasteiger charge is -2.36. The predicted octanol–water partition coefficient (Wildman–Crippen LogP) is 4.29. The van der Waals surface area contributed by atoms with Crippen molar-refractivity contribution in [3.05, 3.63) is 59.7 Å². The van der Waals surface area contributed by atoms with Crippen LogP contribution in [0.4, 0.5) is 5.69 Å². The van der Waals surface area contributed by atoms with Gasteiger partial charge in [-0.2, -0.15) is 0 Å². The molecule has 0 radical (unpaired) electrons. The molecule has 2 aromatic carbocycles. The number of ether oxygens (including phenoxy) is 1. The molecular formula is C22H25N3O3S. The minimum atomic E-state index is -0.234. The summed E-state index contributed by atoms with van der Waals surface area (Å²) in [5, 5.41) is 9.67. The summed E-state index contributed by atoms with van der Waals surface area (Å²) in [5.74, 6) is 0.764. The molecule has 0 saturated carbocycles. The number of benzene rings is 2. The molecule has 0 aromatic heterocycles. The Kier molecular flexibility index (Phi) is 5.69. The molecule has 0 bridgehead atoms. The summed E-state index contributed by atoms with van der Waals surface area (Å²) in [6.07, 6.45) is 2.51. The fraction of sp³-hybridized carbons (Fsp3) is 0.364. The Labute approximate surface area is 176 Å². The molecule has 1 N–H and O–H groups in total. The maximum absolute atomic E-state index is 5.90. The van der Waals surface area contributed by atoms with Crippen LogP contribution in [0.25, 0.3) is 0 Å². The minimum absolute atomic E-state index is 0.234. The first-order valence-electron chi connectivity index (χ1n) is 9.75. The maximum atomic E-state index is 5.90. The van der Waals surface area contributed by atoms with Crippen LogP contribution in [0, 0.1) is 6.92 Å². The van der Waals surface area contributed by atoms with Crippen LogP contribution in [0.15, 0.2) is 53.7 Å². The molecule has 4 rings (SSSR count). The number of rotatable bonds is 4. The summed E-state index contributed by atoms with van der Waals surface area (Å²) < 4.78 is 5.23. The molecule has 29 heavy (non-hydrogen) atoms. The van der Waals surface area contributed by atoms with Crippen LogP contribution in [-0.2, 0) is 9.68 Å². The quantitative estimate of drug-likeness (QED) is 0.758. The summed E-state index contributed by atoms with van der Waals surface area (Å²) >= 11 is 5.35. The molecule has 2 aromatic rings. The molecule has 0 aliphatic carbocycles. The standard InChI is InChI=1S/C22H25N3O3S/c1-16-6-8-17(9-7-16)20-15-22(28-24-20)10-12-25(13-11-22)27-21(29)23-18-4-3-5-19(14-18)26-2/h3-9,14H,10-13,15H2,1-2H3,(H,23,29). The van der Waals surface area contributed by atoms with Gasteiger partial charge in [0.05, 0.1) is 12.8 Å². The third-order valence-corrected chi connectivity index (χ3v) is 5.56. The number of aryl methyl sites for hydroxylation is 1. The average Bonchev–Trinajstić information content (AvgIpc) is 3.14. The normalized spacial score (nSPS) is 18.1. The molecule has 7 heteroatoms. The van der Waals surface area contributed by atoms with E-state index in [1.807, 2.05) is 29.3 Å². The molecule has 1 saturated heterocycles. The van der Waals surface area contributed by atoms with Crippen LogP contribution >= 0.6 is 12.2 Å². The zero-order valence-corrected chi connectivity index (χ0v) is 17.5. The number of piperidine rings is 1. The highest BCUT2D eigenvalue weighted by molar-refractivity contribution is 7.80. The number of oxime groups is 1. The molecule has 152 valence electrons. The van der Waals surface area contributed by atoms with Crippen molar-refractivity contribution >= 4 is 28.8 Å². The van der Waals surface area contributed by atoms with Gasteiger partial charge < -0.3 is 19.7 Å². The Morgan fingerprint density at radius 2 is 1.93 bits per heavy atom. The van der Waals surface area contributed by atoms with Crippen LogP contribution in [0.1, 0.15) is 30.4 Å². The van der Waals surface area contributed by atoms with Gasteiger partial charge in [-0.25, -0.2) is 0 Å². The summed E-state index contributed by atoms with van der Waals surface area (Å²) in [7, 11) is 1.64. The van der Waals surface area contributed by atoms with E-state index in [2.05, 4.69) is 41.7 Å². The molecule has 0 unspecified atom stereocenters. The van der Waals surface area contributed by atoms with Crippen LogP contribution < -0.4 is 10.1 Å². The summed E-state index contributed by atoms with van der Waals surface area (Å²) in [5.41, 5.74) is 4.00. The Morgan fingerprint density at radius 1 is 1.17 bits per heavy atom. The number of thiocarbonyl (C=S) groups is 1. The van der Waals surface area contributed by atoms with E-state index < -0.39 is 0 Å². The van der Waals surface area contributed by atoms with Crippen LogP contribution in [-0.4, -0.2) is 41.7 Å². The largest absolute Gasteiger partial charge is 0.497 e. The van der Waals surface area contributed by atoms with E-state index in [9.17, 15) is 0 Å². The Bertz CT molecular complexity index is 906. The number of nitrogens with one attached hydrogen (secondary N) is 1. The van der Waals surface area contributed by atoms with E-state index in [0.717, 1.165) is 55.1 Å². The molecule has 2 aliphatic rings. The second-order valence-electron chi connectivity index (χ2n) is 7.52. The molecule has 0 atom stereocenters.